The zero-order valence-corrected chi connectivity index (χ0v) is 15.3. The van der Waals surface area contributed by atoms with E-state index >= 15 is 0 Å². The van der Waals surface area contributed by atoms with Crippen LogP contribution < -0.4 is 5.48 Å². The number of hydrogen-bond donors (Lipinski definition) is 2. The zero-order chi connectivity index (χ0) is 18.7. The molecular formula is C18H20N2O5S. The van der Waals surface area contributed by atoms with Gasteiger partial charge in [0.15, 0.2) is 5.54 Å². The summed E-state index contributed by atoms with van der Waals surface area (Å²) in [5, 5.41) is 11.5. The van der Waals surface area contributed by atoms with Gasteiger partial charge in [-0.05, 0) is 29.5 Å². The van der Waals surface area contributed by atoms with Gasteiger partial charge in [0.2, 0.25) is 0 Å². The first-order chi connectivity index (χ1) is 12.5. The molecule has 2 heterocycles. The first-order valence-electron chi connectivity index (χ1n) is 8.06. The summed E-state index contributed by atoms with van der Waals surface area (Å²) in [5.41, 5.74) is 3.41. The van der Waals surface area contributed by atoms with Crippen molar-refractivity contribution in [2.75, 3.05) is 13.7 Å². The number of hydrogen-bond acceptors (Lipinski definition) is 6. The number of nitrogens with zero attached hydrogens (tertiary/aromatic N) is 1. The Morgan fingerprint density at radius 1 is 1.35 bits per heavy atom. The van der Waals surface area contributed by atoms with Gasteiger partial charge in [-0.2, -0.15) is 5.48 Å². The largest absolute Gasteiger partial charge is 0.467 e. The van der Waals surface area contributed by atoms with Gasteiger partial charge < -0.3 is 9.84 Å². The number of benzene rings is 1. The fourth-order valence-electron chi connectivity index (χ4n) is 3.15. The fourth-order valence-corrected chi connectivity index (χ4v) is 4.27. The van der Waals surface area contributed by atoms with E-state index in [0.717, 1.165) is 16.0 Å². The van der Waals surface area contributed by atoms with Crippen molar-refractivity contribution in [1.29, 1.82) is 0 Å². The molecule has 2 aromatic rings. The molecule has 0 saturated carbocycles. The van der Waals surface area contributed by atoms with Gasteiger partial charge in [0, 0.05) is 11.4 Å². The number of carbonyl (C=O) groups is 2. The molecule has 3 rings (SSSR count). The van der Waals surface area contributed by atoms with E-state index in [4.69, 9.17) is 9.57 Å². The maximum Gasteiger partial charge on any atom is 0.408 e. The van der Waals surface area contributed by atoms with Gasteiger partial charge >= 0.3 is 12.1 Å². The van der Waals surface area contributed by atoms with Crippen LogP contribution in [0, 0.1) is 0 Å². The summed E-state index contributed by atoms with van der Waals surface area (Å²) in [6, 6.07) is 11.1. The molecule has 1 aliphatic rings. The Labute approximate surface area is 155 Å². The highest BCUT2D eigenvalue weighted by Crippen LogP contribution is 2.43. The van der Waals surface area contributed by atoms with Crippen LogP contribution in [0.25, 0.3) is 0 Å². The van der Waals surface area contributed by atoms with Gasteiger partial charge in [0.05, 0.1) is 19.8 Å². The van der Waals surface area contributed by atoms with Crippen molar-refractivity contribution >= 4 is 23.4 Å². The summed E-state index contributed by atoms with van der Waals surface area (Å²) in [6.07, 6.45) is -1.19. The molecule has 2 atom stereocenters. The van der Waals surface area contributed by atoms with Crippen LogP contribution in [0.5, 0.6) is 0 Å². The summed E-state index contributed by atoms with van der Waals surface area (Å²) in [5.74, 6) is -0.604. The first-order valence-corrected chi connectivity index (χ1v) is 8.94. The normalized spacial score (nSPS) is 21.9. The maximum absolute atomic E-state index is 12.4. The lowest BCUT2D eigenvalue weighted by Gasteiger charge is -2.43. The van der Waals surface area contributed by atoms with E-state index in [1.807, 2.05) is 41.8 Å². The monoisotopic (exact) mass is 376 g/mol. The standard InChI is InChI=1S/C18H20N2O5S/c1-18(16(21)24-2)15-13(8-9-26-15)14(10-20(18)17(22)23)19-25-11-12-6-4-3-5-7-12/h3-9,14,19H,10-11H2,1-2H3,(H,22,23). The lowest BCUT2D eigenvalue weighted by Crippen LogP contribution is -2.58. The summed E-state index contributed by atoms with van der Waals surface area (Å²) in [7, 11) is 1.26. The third-order valence-corrected chi connectivity index (χ3v) is 5.68. The Kier molecular flexibility index (Phi) is 5.26. The van der Waals surface area contributed by atoms with Crippen molar-refractivity contribution in [2.24, 2.45) is 0 Å². The molecule has 8 heteroatoms. The minimum Gasteiger partial charge on any atom is -0.467 e. The lowest BCUT2D eigenvalue weighted by atomic mass is 9.87. The molecule has 2 unspecified atom stereocenters. The van der Waals surface area contributed by atoms with E-state index in [2.05, 4.69) is 5.48 Å². The van der Waals surface area contributed by atoms with Gasteiger partial charge in [-0.15, -0.1) is 11.3 Å². The highest BCUT2D eigenvalue weighted by molar-refractivity contribution is 7.10. The van der Waals surface area contributed by atoms with E-state index < -0.39 is 17.6 Å². The third kappa shape index (κ3) is 3.18. The number of carbonyl (C=O) groups excluding carboxylic acids is 1. The number of thiophene rings is 1. The Balaban J connectivity index is 1.83. The number of nitrogens with one attached hydrogen (secondary N) is 1. The molecule has 2 N–H and O–H groups in total. The molecule has 0 aliphatic carbocycles. The van der Waals surface area contributed by atoms with Crippen molar-refractivity contribution in [3.8, 4) is 0 Å². The minimum atomic E-state index is -1.37. The van der Waals surface area contributed by atoms with Crippen LogP contribution in [0.1, 0.15) is 29.0 Å². The van der Waals surface area contributed by atoms with Crippen molar-refractivity contribution in [1.82, 2.24) is 10.4 Å². The van der Waals surface area contributed by atoms with Crippen LogP contribution >= 0.6 is 11.3 Å². The summed E-state index contributed by atoms with van der Waals surface area (Å²) < 4.78 is 4.88. The van der Waals surface area contributed by atoms with Crippen LogP contribution in [0.15, 0.2) is 41.8 Å². The summed E-state index contributed by atoms with van der Waals surface area (Å²) in [4.78, 5) is 31.5. The number of rotatable bonds is 5. The molecule has 26 heavy (non-hydrogen) atoms. The number of fused-ring (bicyclic) bond motifs is 1. The molecule has 0 fully saturated rings. The van der Waals surface area contributed by atoms with Crippen LogP contribution in [0.4, 0.5) is 4.79 Å². The maximum atomic E-state index is 12.4. The number of methoxy groups -OCH3 is 1. The predicted octanol–water partition coefficient (Wildman–Crippen LogP) is 2.89. The van der Waals surface area contributed by atoms with Crippen molar-refractivity contribution in [3.63, 3.8) is 0 Å². The smallest absolute Gasteiger partial charge is 0.408 e. The molecule has 1 amide bonds. The molecule has 7 nitrogen and oxygen atoms in total. The third-order valence-electron chi connectivity index (χ3n) is 4.54. The Bertz CT molecular complexity index is 794. The van der Waals surface area contributed by atoms with E-state index in [9.17, 15) is 14.7 Å². The van der Waals surface area contributed by atoms with E-state index in [-0.39, 0.29) is 12.6 Å². The molecule has 1 aromatic carbocycles. The molecule has 0 spiro atoms. The molecule has 138 valence electrons. The average Bonchev–Trinajstić information content (AvgIpc) is 3.14. The molecule has 1 aromatic heterocycles. The van der Waals surface area contributed by atoms with Gasteiger partial charge in [-0.3, -0.25) is 9.74 Å². The second kappa shape index (κ2) is 7.45. The summed E-state index contributed by atoms with van der Waals surface area (Å²) in [6.45, 7) is 1.99. The van der Waals surface area contributed by atoms with Crippen molar-refractivity contribution in [2.45, 2.75) is 25.1 Å². The first kappa shape index (κ1) is 18.4. The second-order valence-electron chi connectivity index (χ2n) is 6.11. The van der Waals surface area contributed by atoms with Crippen LogP contribution in [-0.2, 0) is 26.5 Å². The van der Waals surface area contributed by atoms with Crippen molar-refractivity contribution in [3.05, 3.63) is 57.8 Å². The number of amides is 1. The SMILES string of the molecule is COC(=O)C1(C)c2sccc2C(NOCc2ccccc2)CN1C(=O)O. The van der Waals surface area contributed by atoms with Gasteiger partial charge in [-0.25, -0.2) is 9.59 Å². The highest BCUT2D eigenvalue weighted by atomic mass is 32.1. The van der Waals surface area contributed by atoms with Crippen LogP contribution in [-0.4, -0.2) is 35.7 Å². The van der Waals surface area contributed by atoms with Crippen LogP contribution in [0.2, 0.25) is 0 Å². The van der Waals surface area contributed by atoms with Gasteiger partial charge in [-0.1, -0.05) is 30.3 Å². The number of hydroxylamine groups is 1. The van der Waals surface area contributed by atoms with E-state index in [1.165, 1.54) is 18.4 Å². The van der Waals surface area contributed by atoms with Crippen molar-refractivity contribution < 1.29 is 24.3 Å². The van der Waals surface area contributed by atoms with Crippen LogP contribution in [0.3, 0.4) is 0 Å². The quantitative estimate of drug-likeness (QED) is 0.616. The molecule has 0 saturated heterocycles. The molecule has 0 radical (unpaired) electrons. The predicted molar refractivity (Wildman–Crippen MR) is 95.5 cm³/mol. The Morgan fingerprint density at radius 3 is 2.73 bits per heavy atom. The number of esters is 1. The van der Waals surface area contributed by atoms with E-state index in [1.54, 1.807) is 6.92 Å². The fraction of sp³-hybridized carbons (Fsp3) is 0.333. The van der Waals surface area contributed by atoms with Gasteiger partial charge in [0.1, 0.15) is 0 Å². The highest BCUT2D eigenvalue weighted by Gasteiger charge is 2.52. The van der Waals surface area contributed by atoms with Gasteiger partial charge in [0.25, 0.3) is 0 Å². The number of ether oxygens (including phenoxy) is 1. The zero-order valence-electron chi connectivity index (χ0n) is 14.5. The topological polar surface area (TPSA) is 88.1 Å². The minimum absolute atomic E-state index is 0.0689. The lowest BCUT2D eigenvalue weighted by molar-refractivity contribution is -0.155. The Hall–Kier alpha value is -2.42. The summed E-state index contributed by atoms with van der Waals surface area (Å²) >= 11 is 1.33. The molecular weight excluding hydrogens is 356 g/mol. The number of carboxylic acid groups (broad SMARTS) is 1. The molecule has 0 bridgehead atoms. The molecule has 1 aliphatic heterocycles. The second-order valence-corrected chi connectivity index (χ2v) is 7.02. The Morgan fingerprint density at radius 2 is 2.08 bits per heavy atom. The van der Waals surface area contributed by atoms with E-state index in [0.29, 0.717) is 11.5 Å². The average molecular weight is 376 g/mol.